The van der Waals surface area contributed by atoms with E-state index in [1.165, 1.54) is 6.42 Å². The van der Waals surface area contributed by atoms with Gasteiger partial charge in [-0.3, -0.25) is 9.69 Å². The molecule has 7 heteroatoms. The number of aryl methyl sites for hydroxylation is 1. The Hall–Kier alpha value is -2.07. The average Bonchev–Trinajstić information content (AvgIpc) is 2.95. The predicted molar refractivity (Wildman–Crippen MR) is 94.1 cm³/mol. The zero-order valence-electron chi connectivity index (χ0n) is 15.4. The van der Waals surface area contributed by atoms with Gasteiger partial charge in [0.2, 0.25) is 17.5 Å². The Labute approximate surface area is 149 Å². The minimum atomic E-state index is 0.204. The molecule has 0 unspecified atom stereocenters. The van der Waals surface area contributed by atoms with Gasteiger partial charge in [0.25, 0.3) is 0 Å². The van der Waals surface area contributed by atoms with Crippen molar-refractivity contribution in [2.45, 2.75) is 27.2 Å². The number of carbonyl (C=O) groups is 1. The minimum absolute atomic E-state index is 0.204. The zero-order valence-corrected chi connectivity index (χ0v) is 15.4. The Balaban J connectivity index is 1.53. The fraction of sp³-hybridized carbons (Fsp3) is 0.722. The normalized spacial score (nSPS) is 25.0. The minimum Gasteiger partial charge on any atom is -0.424 e. The summed E-state index contributed by atoms with van der Waals surface area (Å²) in [6.45, 7) is 11.5. The SMILES string of the molecule is Cc1nc(C#N)c(N2CCN(C(=O)CN3C[C@H](C)C[C@H](C)C3)CC2)o1. The van der Waals surface area contributed by atoms with E-state index in [-0.39, 0.29) is 5.91 Å². The lowest BCUT2D eigenvalue weighted by Crippen LogP contribution is -2.52. The molecule has 2 atom stereocenters. The van der Waals surface area contributed by atoms with Crippen molar-refractivity contribution in [1.82, 2.24) is 14.8 Å². The van der Waals surface area contributed by atoms with Crippen LogP contribution in [-0.2, 0) is 4.79 Å². The number of piperazine rings is 1. The van der Waals surface area contributed by atoms with Crippen molar-refractivity contribution in [3.63, 3.8) is 0 Å². The molecule has 25 heavy (non-hydrogen) atoms. The summed E-state index contributed by atoms with van der Waals surface area (Å²) in [6, 6.07) is 2.08. The first-order valence-electron chi connectivity index (χ1n) is 9.09. The Morgan fingerprint density at radius 1 is 1.24 bits per heavy atom. The van der Waals surface area contributed by atoms with E-state index in [0.717, 1.165) is 13.1 Å². The monoisotopic (exact) mass is 345 g/mol. The number of hydrogen-bond acceptors (Lipinski definition) is 6. The van der Waals surface area contributed by atoms with E-state index in [2.05, 4.69) is 29.8 Å². The number of nitriles is 1. The maximum atomic E-state index is 12.6. The highest BCUT2D eigenvalue weighted by molar-refractivity contribution is 5.78. The van der Waals surface area contributed by atoms with Gasteiger partial charge in [0, 0.05) is 46.2 Å². The standard InChI is InChI=1S/C18H27N5O2/c1-13-8-14(2)11-21(10-13)12-17(24)22-4-6-23(7-5-22)18-16(9-19)20-15(3)25-18/h13-14H,4-8,10-12H2,1-3H3/t13-,14+. The van der Waals surface area contributed by atoms with E-state index in [4.69, 9.17) is 9.68 Å². The van der Waals surface area contributed by atoms with Crippen molar-refractivity contribution >= 4 is 11.8 Å². The molecule has 0 radical (unpaired) electrons. The molecule has 2 aliphatic heterocycles. The molecule has 2 fully saturated rings. The van der Waals surface area contributed by atoms with Crippen LogP contribution in [0, 0.1) is 30.1 Å². The molecule has 1 aromatic heterocycles. The highest BCUT2D eigenvalue weighted by Gasteiger charge is 2.28. The van der Waals surface area contributed by atoms with Crippen molar-refractivity contribution in [2.24, 2.45) is 11.8 Å². The number of hydrogen-bond donors (Lipinski definition) is 0. The second-order valence-corrected chi connectivity index (χ2v) is 7.51. The van der Waals surface area contributed by atoms with Gasteiger partial charge in [-0.05, 0) is 18.3 Å². The number of anilines is 1. The number of likely N-dealkylation sites (tertiary alicyclic amines) is 1. The number of aromatic nitrogens is 1. The summed E-state index contributed by atoms with van der Waals surface area (Å²) in [5, 5.41) is 9.16. The van der Waals surface area contributed by atoms with E-state index in [0.29, 0.717) is 62.0 Å². The number of amides is 1. The van der Waals surface area contributed by atoms with E-state index in [9.17, 15) is 4.79 Å². The van der Waals surface area contributed by atoms with Gasteiger partial charge < -0.3 is 14.2 Å². The topological polar surface area (TPSA) is 76.6 Å². The van der Waals surface area contributed by atoms with Crippen LogP contribution in [0.25, 0.3) is 0 Å². The number of carbonyl (C=O) groups excluding carboxylic acids is 1. The molecule has 2 saturated heterocycles. The van der Waals surface area contributed by atoms with Crippen molar-refractivity contribution in [3.8, 4) is 6.07 Å². The molecule has 3 rings (SSSR count). The van der Waals surface area contributed by atoms with Crippen LogP contribution in [0.1, 0.15) is 31.9 Å². The second kappa shape index (κ2) is 7.44. The molecule has 0 aromatic carbocycles. The third-order valence-corrected chi connectivity index (χ3v) is 5.05. The van der Waals surface area contributed by atoms with Crippen molar-refractivity contribution in [2.75, 3.05) is 50.7 Å². The molecule has 1 aromatic rings. The molecular weight excluding hydrogens is 318 g/mol. The molecule has 2 aliphatic rings. The molecule has 0 N–H and O–H groups in total. The zero-order chi connectivity index (χ0) is 18.0. The smallest absolute Gasteiger partial charge is 0.236 e. The Bertz CT molecular complexity index is 647. The quantitative estimate of drug-likeness (QED) is 0.826. The van der Waals surface area contributed by atoms with Gasteiger partial charge in [-0.15, -0.1) is 0 Å². The number of rotatable bonds is 3. The predicted octanol–water partition coefficient (Wildman–Crippen LogP) is 1.48. The Morgan fingerprint density at radius 3 is 2.48 bits per heavy atom. The number of piperidine rings is 1. The second-order valence-electron chi connectivity index (χ2n) is 7.51. The lowest BCUT2D eigenvalue weighted by atomic mass is 9.92. The van der Waals surface area contributed by atoms with Crippen LogP contribution in [0.3, 0.4) is 0 Å². The average molecular weight is 345 g/mol. The van der Waals surface area contributed by atoms with E-state index in [1.54, 1.807) is 6.92 Å². The van der Waals surface area contributed by atoms with Gasteiger partial charge in [0.1, 0.15) is 6.07 Å². The summed E-state index contributed by atoms with van der Waals surface area (Å²) in [6.07, 6.45) is 1.25. The first kappa shape index (κ1) is 17.7. The van der Waals surface area contributed by atoms with Crippen molar-refractivity contribution in [3.05, 3.63) is 11.6 Å². The third kappa shape index (κ3) is 4.13. The molecule has 136 valence electrons. The molecule has 1 amide bonds. The lowest BCUT2D eigenvalue weighted by molar-refractivity contribution is -0.133. The van der Waals surface area contributed by atoms with Crippen molar-refractivity contribution < 1.29 is 9.21 Å². The summed E-state index contributed by atoms with van der Waals surface area (Å²) in [5.74, 6) is 2.55. The molecule has 0 aliphatic carbocycles. The summed E-state index contributed by atoms with van der Waals surface area (Å²) < 4.78 is 5.57. The Morgan fingerprint density at radius 2 is 1.88 bits per heavy atom. The fourth-order valence-corrected chi connectivity index (χ4v) is 4.07. The highest BCUT2D eigenvalue weighted by atomic mass is 16.4. The first-order chi connectivity index (χ1) is 12.0. The van der Waals surface area contributed by atoms with Crippen LogP contribution in [0.15, 0.2) is 4.42 Å². The molecule has 3 heterocycles. The summed E-state index contributed by atoms with van der Waals surface area (Å²) >= 11 is 0. The number of oxazole rings is 1. The van der Waals surface area contributed by atoms with Gasteiger partial charge >= 0.3 is 0 Å². The fourth-order valence-electron chi connectivity index (χ4n) is 4.07. The first-order valence-corrected chi connectivity index (χ1v) is 9.09. The highest BCUT2D eigenvalue weighted by Crippen LogP contribution is 2.23. The maximum absolute atomic E-state index is 12.6. The Kier molecular flexibility index (Phi) is 5.28. The van der Waals surface area contributed by atoms with Crippen molar-refractivity contribution in [1.29, 1.82) is 5.26 Å². The van der Waals surface area contributed by atoms with E-state index >= 15 is 0 Å². The molecular formula is C18H27N5O2. The largest absolute Gasteiger partial charge is 0.424 e. The maximum Gasteiger partial charge on any atom is 0.236 e. The van der Waals surface area contributed by atoms with Crippen LogP contribution in [0.5, 0.6) is 0 Å². The third-order valence-electron chi connectivity index (χ3n) is 5.05. The van der Waals surface area contributed by atoms with Gasteiger partial charge in [0.15, 0.2) is 5.89 Å². The van der Waals surface area contributed by atoms with Gasteiger partial charge in [-0.1, -0.05) is 13.8 Å². The lowest BCUT2D eigenvalue weighted by Gasteiger charge is -2.38. The van der Waals surface area contributed by atoms with Gasteiger partial charge in [-0.2, -0.15) is 5.26 Å². The van der Waals surface area contributed by atoms with Crippen LogP contribution < -0.4 is 4.90 Å². The van der Waals surface area contributed by atoms with Gasteiger partial charge in [-0.25, -0.2) is 4.98 Å². The summed E-state index contributed by atoms with van der Waals surface area (Å²) in [7, 11) is 0. The van der Waals surface area contributed by atoms with Crippen LogP contribution >= 0.6 is 0 Å². The van der Waals surface area contributed by atoms with Crippen LogP contribution in [0.4, 0.5) is 5.88 Å². The van der Waals surface area contributed by atoms with Gasteiger partial charge in [0.05, 0.1) is 6.54 Å². The molecule has 0 spiro atoms. The molecule has 0 saturated carbocycles. The molecule has 0 bridgehead atoms. The van der Waals surface area contributed by atoms with Crippen LogP contribution in [0.2, 0.25) is 0 Å². The van der Waals surface area contributed by atoms with E-state index < -0.39 is 0 Å². The number of nitrogens with zero attached hydrogens (tertiary/aromatic N) is 5. The van der Waals surface area contributed by atoms with Crippen LogP contribution in [-0.4, -0.2) is 66.5 Å². The molecule has 7 nitrogen and oxygen atoms in total. The summed E-state index contributed by atoms with van der Waals surface area (Å²) in [5.41, 5.74) is 0.327. The summed E-state index contributed by atoms with van der Waals surface area (Å²) in [4.78, 5) is 22.9. The van der Waals surface area contributed by atoms with E-state index in [1.807, 2.05) is 9.80 Å².